The molecule has 0 saturated carbocycles. The SMILES string of the molecule is CCCCNC(=O)[C@H](C)Nc1ncnc2ccc(-c3ccc(OC)nc3)cc12. The second-order valence-electron chi connectivity index (χ2n) is 6.55. The van der Waals surface area contributed by atoms with Crippen LogP contribution in [0.5, 0.6) is 5.88 Å². The highest BCUT2D eigenvalue weighted by Crippen LogP contribution is 2.27. The number of carbonyl (C=O) groups excluding carboxylic acids is 1. The van der Waals surface area contributed by atoms with Crippen LogP contribution < -0.4 is 15.4 Å². The minimum absolute atomic E-state index is 0.0456. The Hall–Kier alpha value is -3.22. The van der Waals surface area contributed by atoms with Crippen molar-refractivity contribution in [1.82, 2.24) is 20.3 Å². The van der Waals surface area contributed by atoms with Crippen LogP contribution in [0.15, 0.2) is 42.9 Å². The number of nitrogens with zero attached hydrogens (tertiary/aromatic N) is 3. The Morgan fingerprint density at radius 1 is 1.14 bits per heavy atom. The van der Waals surface area contributed by atoms with Crippen molar-refractivity contribution in [3.8, 4) is 17.0 Å². The molecular formula is C21H25N5O2. The molecule has 0 aliphatic rings. The van der Waals surface area contributed by atoms with Gasteiger partial charge in [-0.15, -0.1) is 0 Å². The average molecular weight is 379 g/mol. The largest absolute Gasteiger partial charge is 0.481 e. The second-order valence-corrected chi connectivity index (χ2v) is 6.55. The van der Waals surface area contributed by atoms with E-state index in [9.17, 15) is 4.79 Å². The number of anilines is 1. The predicted octanol–water partition coefficient (Wildman–Crippen LogP) is 3.42. The van der Waals surface area contributed by atoms with Gasteiger partial charge in [0.2, 0.25) is 11.8 Å². The Morgan fingerprint density at radius 3 is 2.68 bits per heavy atom. The van der Waals surface area contributed by atoms with E-state index >= 15 is 0 Å². The minimum Gasteiger partial charge on any atom is -0.481 e. The first-order valence-electron chi connectivity index (χ1n) is 9.41. The van der Waals surface area contributed by atoms with Gasteiger partial charge in [0.1, 0.15) is 18.2 Å². The zero-order chi connectivity index (χ0) is 19.9. The van der Waals surface area contributed by atoms with Crippen molar-refractivity contribution in [2.24, 2.45) is 0 Å². The molecule has 0 radical (unpaired) electrons. The first kappa shape index (κ1) is 19.5. The van der Waals surface area contributed by atoms with Crippen LogP contribution in [0, 0.1) is 0 Å². The molecule has 0 aliphatic heterocycles. The number of pyridine rings is 1. The Labute approximate surface area is 164 Å². The molecule has 0 unspecified atom stereocenters. The van der Waals surface area contributed by atoms with Crippen LogP contribution in [0.3, 0.4) is 0 Å². The van der Waals surface area contributed by atoms with Gasteiger partial charge in [-0.25, -0.2) is 15.0 Å². The van der Waals surface area contributed by atoms with E-state index in [1.54, 1.807) is 13.3 Å². The lowest BCUT2D eigenvalue weighted by Crippen LogP contribution is -2.38. The first-order valence-corrected chi connectivity index (χ1v) is 9.41. The Balaban J connectivity index is 1.85. The molecule has 3 rings (SSSR count). The third kappa shape index (κ3) is 4.54. The standard InChI is InChI=1S/C21H25N5O2/c1-4-5-10-22-21(27)14(2)26-20-17-11-15(6-8-18(17)24-13-25-20)16-7-9-19(28-3)23-12-16/h6-9,11-14H,4-5,10H2,1-3H3,(H,22,27)(H,24,25,26)/t14-/m0/s1. The van der Waals surface area contributed by atoms with Gasteiger partial charge in [-0.05, 0) is 37.1 Å². The molecular weight excluding hydrogens is 354 g/mol. The van der Waals surface area contributed by atoms with E-state index in [-0.39, 0.29) is 5.91 Å². The molecule has 2 aromatic heterocycles. The van der Waals surface area contributed by atoms with Gasteiger partial charge in [-0.2, -0.15) is 0 Å². The molecule has 146 valence electrons. The van der Waals surface area contributed by atoms with Crippen LogP contribution in [0.2, 0.25) is 0 Å². The summed E-state index contributed by atoms with van der Waals surface area (Å²) < 4.78 is 5.12. The number of nitrogens with one attached hydrogen (secondary N) is 2. The van der Waals surface area contributed by atoms with Crippen LogP contribution in [0.4, 0.5) is 5.82 Å². The zero-order valence-electron chi connectivity index (χ0n) is 16.4. The average Bonchev–Trinajstić information content (AvgIpc) is 2.74. The topological polar surface area (TPSA) is 89.0 Å². The van der Waals surface area contributed by atoms with Crippen molar-refractivity contribution in [2.45, 2.75) is 32.7 Å². The van der Waals surface area contributed by atoms with Crippen molar-refractivity contribution >= 4 is 22.6 Å². The van der Waals surface area contributed by atoms with Gasteiger partial charge < -0.3 is 15.4 Å². The molecule has 0 bridgehead atoms. The molecule has 0 saturated heterocycles. The number of benzene rings is 1. The summed E-state index contributed by atoms with van der Waals surface area (Å²) in [6.07, 6.45) is 5.28. The zero-order valence-corrected chi connectivity index (χ0v) is 16.4. The summed E-state index contributed by atoms with van der Waals surface area (Å²) in [6.45, 7) is 4.60. The molecule has 0 spiro atoms. The van der Waals surface area contributed by atoms with Gasteiger partial charge in [0.25, 0.3) is 0 Å². The number of fused-ring (bicyclic) bond motifs is 1. The molecule has 1 atom stereocenters. The maximum Gasteiger partial charge on any atom is 0.242 e. The van der Waals surface area contributed by atoms with E-state index in [1.165, 1.54) is 6.33 Å². The van der Waals surface area contributed by atoms with Crippen LogP contribution in [0.25, 0.3) is 22.0 Å². The Morgan fingerprint density at radius 2 is 1.96 bits per heavy atom. The highest BCUT2D eigenvalue weighted by Gasteiger charge is 2.15. The normalized spacial score (nSPS) is 11.8. The van der Waals surface area contributed by atoms with Gasteiger partial charge in [-0.3, -0.25) is 4.79 Å². The smallest absolute Gasteiger partial charge is 0.242 e. The molecule has 2 N–H and O–H groups in total. The summed E-state index contributed by atoms with van der Waals surface area (Å²) >= 11 is 0. The highest BCUT2D eigenvalue weighted by molar-refractivity contribution is 5.94. The minimum atomic E-state index is -0.402. The number of rotatable bonds is 8. The summed E-state index contributed by atoms with van der Waals surface area (Å²) in [5.74, 6) is 1.15. The van der Waals surface area contributed by atoms with E-state index in [4.69, 9.17) is 4.74 Å². The number of methoxy groups -OCH3 is 1. The lowest BCUT2D eigenvalue weighted by atomic mass is 10.1. The molecule has 7 heteroatoms. The maximum atomic E-state index is 12.3. The van der Waals surface area contributed by atoms with Crippen molar-refractivity contribution in [3.05, 3.63) is 42.9 Å². The Bertz CT molecular complexity index is 943. The highest BCUT2D eigenvalue weighted by atomic mass is 16.5. The molecule has 1 amide bonds. The summed E-state index contributed by atoms with van der Waals surface area (Å²) in [7, 11) is 1.59. The lowest BCUT2D eigenvalue weighted by Gasteiger charge is -2.16. The number of hydrogen-bond donors (Lipinski definition) is 2. The number of hydrogen-bond acceptors (Lipinski definition) is 6. The monoisotopic (exact) mass is 379 g/mol. The third-order valence-corrected chi connectivity index (χ3v) is 4.49. The number of unbranched alkanes of at least 4 members (excludes halogenated alkanes) is 1. The van der Waals surface area contributed by atoms with Crippen molar-refractivity contribution in [3.63, 3.8) is 0 Å². The summed E-state index contributed by atoms with van der Waals surface area (Å²) in [5.41, 5.74) is 2.75. The second kappa shape index (κ2) is 9.12. The van der Waals surface area contributed by atoms with Crippen LogP contribution >= 0.6 is 0 Å². The summed E-state index contributed by atoms with van der Waals surface area (Å²) in [6, 6.07) is 9.30. The van der Waals surface area contributed by atoms with E-state index in [0.29, 0.717) is 18.2 Å². The fourth-order valence-corrected chi connectivity index (χ4v) is 2.84. The van der Waals surface area contributed by atoms with Gasteiger partial charge in [0.15, 0.2) is 0 Å². The van der Waals surface area contributed by atoms with E-state index < -0.39 is 6.04 Å². The first-order chi connectivity index (χ1) is 13.6. The lowest BCUT2D eigenvalue weighted by molar-refractivity contribution is -0.121. The number of amides is 1. The third-order valence-electron chi connectivity index (χ3n) is 4.49. The summed E-state index contributed by atoms with van der Waals surface area (Å²) in [5, 5.41) is 7.00. The number of ether oxygens (including phenoxy) is 1. The predicted molar refractivity (Wildman–Crippen MR) is 110 cm³/mol. The van der Waals surface area contributed by atoms with Crippen molar-refractivity contribution < 1.29 is 9.53 Å². The molecule has 3 aromatic rings. The molecule has 28 heavy (non-hydrogen) atoms. The van der Waals surface area contributed by atoms with E-state index in [1.807, 2.05) is 37.3 Å². The van der Waals surface area contributed by atoms with Gasteiger partial charge in [0.05, 0.1) is 12.6 Å². The fourth-order valence-electron chi connectivity index (χ4n) is 2.84. The fraction of sp³-hybridized carbons (Fsp3) is 0.333. The summed E-state index contributed by atoms with van der Waals surface area (Å²) in [4.78, 5) is 25.2. The van der Waals surface area contributed by atoms with Gasteiger partial charge in [0, 0.05) is 29.8 Å². The maximum absolute atomic E-state index is 12.3. The Kier molecular flexibility index (Phi) is 6.37. The molecule has 2 heterocycles. The van der Waals surface area contributed by atoms with Crippen LogP contribution in [0.1, 0.15) is 26.7 Å². The van der Waals surface area contributed by atoms with E-state index in [2.05, 4.69) is 32.5 Å². The molecule has 7 nitrogen and oxygen atoms in total. The van der Waals surface area contributed by atoms with Crippen molar-refractivity contribution in [1.29, 1.82) is 0 Å². The molecule has 1 aromatic carbocycles. The molecule has 0 fully saturated rings. The molecule has 0 aliphatic carbocycles. The van der Waals surface area contributed by atoms with Crippen LogP contribution in [-0.4, -0.2) is 40.6 Å². The quantitative estimate of drug-likeness (QED) is 0.583. The van der Waals surface area contributed by atoms with Gasteiger partial charge >= 0.3 is 0 Å². The number of aromatic nitrogens is 3. The van der Waals surface area contributed by atoms with Crippen LogP contribution in [-0.2, 0) is 4.79 Å². The number of carbonyl (C=O) groups is 1. The van der Waals surface area contributed by atoms with E-state index in [0.717, 1.165) is 34.9 Å². The van der Waals surface area contributed by atoms with Crippen molar-refractivity contribution in [2.75, 3.05) is 19.0 Å². The van der Waals surface area contributed by atoms with Gasteiger partial charge in [-0.1, -0.05) is 19.4 Å².